The van der Waals surface area contributed by atoms with Crippen molar-refractivity contribution in [3.63, 3.8) is 0 Å². The van der Waals surface area contributed by atoms with Crippen LogP contribution in [0.5, 0.6) is 0 Å². The lowest BCUT2D eigenvalue weighted by molar-refractivity contribution is 0.222. The highest BCUT2D eigenvalue weighted by Crippen LogP contribution is 2.18. The van der Waals surface area contributed by atoms with Crippen LogP contribution >= 0.6 is 11.6 Å². The summed E-state index contributed by atoms with van der Waals surface area (Å²) in [6.07, 6.45) is 1.13. The van der Waals surface area contributed by atoms with Crippen molar-refractivity contribution >= 4 is 11.6 Å². The summed E-state index contributed by atoms with van der Waals surface area (Å²) in [4.78, 5) is 9.49. The number of rotatable bonds is 5. The number of hydrogen-bond acceptors (Lipinski definition) is 5. The lowest BCUT2D eigenvalue weighted by Gasteiger charge is -2.21. The van der Waals surface area contributed by atoms with Gasteiger partial charge < -0.3 is 4.52 Å². The van der Waals surface area contributed by atoms with Crippen molar-refractivity contribution in [3.05, 3.63) is 70.6 Å². The van der Waals surface area contributed by atoms with E-state index in [9.17, 15) is 0 Å². The van der Waals surface area contributed by atoms with Gasteiger partial charge in [0.2, 0.25) is 11.7 Å². The van der Waals surface area contributed by atoms with E-state index in [-0.39, 0.29) is 0 Å². The molecule has 2 heterocycles. The molecule has 3 aromatic rings. The van der Waals surface area contributed by atoms with Crippen LogP contribution < -0.4 is 0 Å². The first-order chi connectivity index (χ1) is 13.7. The molecule has 6 heteroatoms. The molecular weight excluding hydrogens is 372 g/mol. The standard InChI is InChI=1S/C22H25ClN4O/c1-17-4-2-5-19(14-17)22-24-21(28-25-22)16-27-11-3-10-26(12-13-27)15-18-6-8-20(23)9-7-18/h2,4-9,14H,3,10-13,15-16H2,1H3. The van der Waals surface area contributed by atoms with Crippen LogP contribution in [0.2, 0.25) is 5.02 Å². The maximum absolute atomic E-state index is 5.98. The number of benzene rings is 2. The minimum Gasteiger partial charge on any atom is -0.338 e. The summed E-state index contributed by atoms with van der Waals surface area (Å²) in [5, 5.41) is 4.95. The Kier molecular flexibility index (Phi) is 6.05. The average Bonchev–Trinajstić information content (AvgIpc) is 3.05. The SMILES string of the molecule is Cc1cccc(-c2noc(CN3CCCN(Cc4ccc(Cl)cc4)CC3)n2)c1. The molecule has 0 spiro atoms. The van der Waals surface area contributed by atoms with Crippen molar-refractivity contribution in [1.82, 2.24) is 19.9 Å². The Bertz CT molecular complexity index is 909. The van der Waals surface area contributed by atoms with Crippen LogP contribution in [0.15, 0.2) is 53.1 Å². The van der Waals surface area contributed by atoms with E-state index in [1.807, 2.05) is 24.3 Å². The van der Waals surface area contributed by atoms with Crippen LogP contribution in [-0.4, -0.2) is 46.1 Å². The van der Waals surface area contributed by atoms with Gasteiger partial charge in [0.25, 0.3) is 0 Å². The van der Waals surface area contributed by atoms with Crippen LogP contribution in [0, 0.1) is 6.92 Å². The molecule has 1 saturated heterocycles. The molecule has 1 aliphatic heterocycles. The molecule has 0 radical (unpaired) electrons. The van der Waals surface area contributed by atoms with Gasteiger partial charge in [-0.3, -0.25) is 9.80 Å². The largest absolute Gasteiger partial charge is 0.338 e. The summed E-state index contributed by atoms with van der Waals surface area (Å²) in [6, 6.07) is 16.3. The second-order valence-electron chi connectivity index (χ2n) is 7.41. The van der Waals surface area contributed by atoms with Crippen LogP contribution in [0.25, 0.3) is 11.4 Å². The Labute approximate surface area is 170 Å². The van der Waals surface area contributed by atoms with Gasteiger partial charge in [0.05, 0.1) is 6.54 Å². The van der Waals surface area contributed by atoms with Crippen molar-refractivity contribution in [2.45, 2.75) is 26.4 Å². The van der Waals surface area contributed by atoms with E-state index < -0.39 is 0 Å². The summed E-state index contributed by atoms with van der Waals surface area (Å²) >= 11 is 5.98. The predicted octanol–water partition coefficient (Wildman–Crippen LogP) is 4.41. The molecule has 0 unspecified atom stereocenters. The molecule has 1 aliphatic rings. The minimum atomic E-state index is 0.665. The highest BCUT2D eigenvalue weighted by atomic mass is 35.5. The molecule has 4 rings (SSSR count). The number of halogens is 1. The van der Waals surface area contributed by atoms with Gasteiger partial charge in [0.15, 0.2) is 0 Å². The topological polar surface area (TPSA) is 45.4 Å². The van der Waals surface area contributed by atoms with E-state index in [0.717, 1.165) is 49.7 Å². The Balaban J connectivity index is 1.33. The van der Waals surface area contributed by atoms with E-state index in [1.54, 1.807) is 0 Å². The second kappa shape index (κ2) is 8.86. The van der Waals surface area contributed by atoms with Gasteiger partial charge in [-0.2, -0.15) is 4.98 Å². The third kappa shape index (κ3) is 4.98. The number of nitrogens with zero attached hydrogens (tertiary/aromatic N) is 4. The third-order valence-electron chi connectivity index (χ3n) is 5.10. The first-order valence-electron chi connectivity index (χ1n) is 9.74. The van der Waals surface area contributed by atoms with Crippen LogP contribution in [-0.2, 0) is 13.1 Å². The van der Waals surface area contributed by atoms with Gasteiger partial charge in [0.1, 0.15) is 0 Å². The molecule has 0 amide bonds. The number of hydrogen-bond donors (Lipinski definition) is 0. The van der Waals surface area contributed by atoms with Crippen molar-refractivity contribution in [2.24, 2.45) is 0 Å². The highest BCUT2D eigenvalue weighted by Gasteiger charge is 2.18. The molecule has 0 aliphatic carbocycles. The lowest BCUT2D eigenvalue weighted by atomic mass is 10.1. The second-order valence-corrected chi connectivity index (χ2v) is 7.85. The first-order valence-corrected chi connectivity index (χ1v) is 10.1. The molecule has 28 heavy (non-hydrogen) atoms. The lowest BCUT2D eigenvalue weighted by Crippen LogP contribution is -2.30. The fraction of sp³-hybridized carbons (Fsp3) is 0.364. The quantitative estimate of drug-likeness (QED) is 0.639. The average molecular weight is 397 g/mol. The molecule has 2 aromatic carbocycles. The van der Waals surface area contributed by atoms with E-state index in [1.165, 1.54) is 11.1 Å². The van der Waals surface area contributed by atoms with E-state index in [0.29, 0.717) is 18.3 Å². The Hall–Kier alpha value is -2.21. The van der Waals surface area contributed by atoms with Gasteiger partial charge in [-0.25, -0.2) is 0 Å². The van der Waals surface area contributed by atoms with Crippen LogP contribution in [0.3, 0.4) is 0 Å². The van der Waals surface area contributed by atoms with Gasteiger partial charge in [-0.1, -0.05) is 52.7 Å². The molecule has 0 N–H and O–H groups in total. The molecule has 146 valence electrons. The Morgan fingerprint density at radius 2 is 1.71 bits per heavy atom. The normalized spacial score (nSPS) is 16.2. The zero-order valence-corrected chi connectivity index (χ0v) is 16.9. The molecule has 1 fully saturated rings. The van der Waals surface area contributed by atoms with Crippen molar-refractivity contribution in [1.29, 1.82) is 0 Å². The third-order valence-corrected chi connectivity index (χ3v) is 5.36. The van der Waals surface area contributed by atoms with E-state index in [4.69, 9.17) is 16.1 Å². The molecular formula is C22H25ClN4O. The monoisotopic (exact) mass is 396 g/mol. The minimum absolute atomic E-state index is 0.665. The van der Waals surface area contributed by atoms with Gasteiger partial charge in [-0.05, 0) is 50.2 Å². The Morgan fingerprint density at radius 1 is 0.964 bits per heavy atom. The Morgan fingerprint density at radius 3 is 2.46 bits per heavy atom. The summed E-state index contributed by atoms with van der Waals surface area (Å²) in [5.74, 6) is 1.35. The first kappa shape index (κ1) is 19.1. The maximum Gasteiger partial charge on any atom is 0.241 e. The number of aryl methyl sites for hydroxylation is 1. The van der Waals surface area contributed by atoms with Crippen LogP contribution in [0.1, 0.15) is 23.4 Å². The number of aromatic nitrogens is 2. The summed E-state index contributed by atoms with van der Waals surface area (Å²) in [5.41, 5.74) is 3.50. The summed E-state index contributed by atoms with van der Waals surface area (Å²) in [7, 11) is 0. The van der Waals surface area contributed by atoms with Crippen molar-refractivity contribution in [3.8, 4) is 11.4 Å². The fourth-order valence-electron chi connectivity index (χ4n) is 3.60. The molecule has 0 saturated carbocycles. The van der Waals surface area contributed by atoms with Gasteiger partial charge >= 0.3 is 0 Å². The molecule has 0 atom stereocenters. The van der Waals surface area contributed by atoms with Gasteiger partial charge in [-0.15, -0.1) is 0 Å². The maximum atomic E-state index is 5.98. The summed E-state index contributed by atoms with van der Waals surface area (Å²) < 4.78 is 5.51. The van der Waals surface area contributed by atoms with E-state index in [2.05, 4.69) is 51.1 Å². The molecule has 1 aromatic heterocycles. The predicted molar refractivity (Wildman–Crippen MR) is 111 cm³/mol. The van der Waals surface area contributed by atoms with Crippen LogP contribution in [0.4, 0.5) is 0 Å². The smallest absolute Gasteiger partial charge is 0.241 e. The molecule has 0 bridgehead atoms. The fourth-order valence-corrected chi connectivity index (χ4v) is 3.73. The van der Waals surface area contributed by atoms with E-state index >= 15 is 0 Å². The van der Waals surface area contributed by atoms with Gasteiger partial charge in [0, 0.05) is 30.2 Å². The van der Waals surface area contributed by atoms with Crippen molar-refractivity contribution in [2.75, 3.05) is 26.2 Å². The van der Waals surface area contributed by atoms with Crippen molar-refractivity contribution < 1.29 is 4.52 Å². The summed E-state index contributed by atoms with van der Waals surface area (Å²) in [6.45, 7) is 7.89. The molecule has 5 nitrogen and oxygen atoms in total. The highest BCUT2D eigenvalue weighted by molar-refractivity contribution is 6.30. The zero-order chi connectivity index (χ0) is 19.3. The zero-order valence-electron chi connectivity index (χ0n) is 16.1.